The number of benzene rings is 1. The third kappa shape index (κ3) is 6.06. The van der Waals surface area contributed by atoms with Crippen molar-refractivity contribution in [2.45, 2.75) is 25.8 Å². The lowest BCUT2D eigenvalue weighted by atomic mass is 10.1. The number of hydrogen-bond donors (Lipinski definition) is 2. The van der Waals surface area contributed by atoms with Gasteiger partial charge in [0.05, 0.1) is 11.5 Å². The molecule has 2 fully saturated rings. The maximum atomic E-state index is 11.8. The monoisotopic (exact) mass is 506 g/mol. The molecule has 2 saturated heterocycles. The minimum Gasteiger partial charge on any atom is -0.356 e. The number of carbonyl (C=O) groups excluding carboxylic acids is 1. The van der Waals surface area contributed by atoms with Crippen molar-refractivity contribution in [3.05, 3.63) is 29.8 Å². The van der Waals surface area contributed by atoms with Gasteiger partial charge < -0.3 is 15.5 Å². The van der Waals surface area contributed by atoms with Gasteiger partial charge in [0, 0.05) is 38.8 Å². The molecule has 1 atom stereocenters. The summed E-state index contributed by atoms with van der Waals surface area (Å²) in [6.45, 7) is 2.01. The van der Waals surface area contributed by atoms with Gasteiger partial charge in [-0.2, -0.15) is 0 Å². The van der Waals surface area contributed by atoms with Crippen molar-refractivity contribution >= 4 is 51.4 Å². The molecule has 2 aliphatic heterocycles. The summed E-state index contributed by atoms with van der Waals surface area (Å²) >= 11 is 0. The molecular weight excluding hydrogens is 479 g/mol. The smallest absolute Gasteiger partial charge is 0.227 e. The molecule has 2 aliphatic rings. The fourth-order valence-corrected chi connectivity index (χ4v) is 5.26. The Labute approximate surface area is 177 Å². The van der Waals surface area contributed by atoms with Crippen LogP contribution in [0.25, 0.3) is 0 Å². The van der Waals surface area contributed by atoms with Crippen molar-refractivity contribution in [3.63, 3.8) is 0 Å². The summed E-state index contributed by atoms with van der Waals surface area (Å²) in [5.74, 6) is 1.55. The van der Waals surface area contributed by atoms with Crippen LogP contribution in [0.2, 0.25) is 0 Å². The average molecular weight is 506 g/mol. The summed E-state index contributed by atoms with van der Waals surface area (Å²) in [4.78, 5) is 17.8. The van der Waals surface area contributed by atoms with Crippen molar-refractivity contribution in [1.82, 2.24) is 10.6 Å². The molecule has 0 saturated carbocycles. The van der Waals surface area contributed by atoms with E-state index in [2.05, 4.69) is 15.6 Å². The maximum Gasteiger partial charge on any atom is 0.227 e. The molecular formula is C18H27IN4O3S. The predicted octanol–water partition coefficient (Wildman–Crippen LogP) is 1.53. The molecule has 0 aromatic heterocycles. The Hall–Kier alpha value is -1.36. The van der Waals surface area contributed by atoms with E-state index < -0.39 is 9.84 Å². The highest BCUT2D eigenvalue weighted by atomic mass is 127. The Morgan fingerprint density at radius 3 is 2.56 bits per heavy atom. The molecule has 1 unspecified atom stereocenters. The summed E-state index contributed by atoms with van der Waals surface area (Å²) in [6.07, 6.45) is 2.27. The molecule has 27 heavy (non-hydrogen) atoms. The van der Waals surface area contributed by atoms with Crippen LogP contribution in [-0.2, 0) is 21.2 Å². The number of halogens is 1. The minimum absolute atomic E-state index is 0. The van der Waals surface area contributed by atoms with Gasteiger partial charge in [-0.3, -0.25) is 9.79 Å². The quantitative estimate of drug-likeness (QED) is 0.359. The first-order valence-corrected chi connectivity index (χ1v) is 10.8. The molecule has 150 valence electrons. The molecule has 2 N–H and O–H groups in total. The SMILES string of the molecule is CN=C(NCc1ccc(N2CCCC2=O)cc1)NCC1CCS(=O)(=O)C1.I. The van der Waals surface area contributed by atoms with Crippen LogP contribution in [0.3, 0.4) is 0 Å². The van der Waals surface area contributed by atoms with E-state index in [9.17, 15) is 13.2 Å². The van der Waals surface area contributed by atoms with Crippen molar-refractivity contribution in [2.24, 2.45) is 10.9 Å². The predicted molar refractivity (Wildman–Crippen MR) is 118 cm³/mol. The van der Waals surface area contributed by atoms with E-state index in [0.717, 1.165) is 24.2 Å². The second kappa shape index (κ2) is 9.72. The second-order valence-electron chi connectivity index (χ2n) is 6.89. The summed E-state index contributed by atoms with van der Waals surface area (Å²) in [7, 11) is -1.15. The highest BCUT2D eigenvalue weighted by Gasteiger charge is 2.27. The van der Waals surface area contributed by atoms with Gasteiger partial charge in [0.1, 0.15) is 0 Å². The third-order valence-electron chi connectivity index (χ3n) is 4.89. The highest BCUT2D eigenvalue weighted by Crippen LogP contribution is 2.21. The normalized spacial score (nSPS) is 21.8. The van der Waals surface area contributed by atoms with E-state index in [-0.39, 0.29) is 47.3 Å². The summed E-state index contributed by atoms with van der Waals surface area (Å²) in [6, 6.07) is 7.95. The van der Waals surface area contributed by atoms with Gasteiger partial charge in [-0.25, -0.2) is 8.42 Å². The Bertz CT molecular complexity index is 780. The lowest BCUT2D eigenvalue weighted by molar-refractivity contribution is -0.117. The molecule has 1 aromatic rings. The van der Waals surface area contributed by atoms with E-state index in [0.29, 0.717) is 31.9 Å². The number of hydrogen-bond acceptors (Lipinski definition) is 4. The molecule has 1 aromatic carbocycles. The lowest BCUT2D eigenvalue weighted by Crippen LogP contribution is -2.39. The van der Waals surface area contributed by atoms with Crippen LogP contribution >= 0.6 is 24.0 Å². The van der Waals surface area contributed by atoms with Crippen LogP contribution in [0.1, 0.15) is 24.8 Å². The molecule has 9 heteroatoms. The van der Waals surface area contributed by atoms with Crippen LogP contribution in [0.4, 0.5) is 5.69 Å². The van der Waals surface area contributed by atoms with Gasteiger partial charge in [0.2, 0.25) is 5.91 Å². The maximum absolute atomic E-state index is 11.8. The number of anilines is 1. The van der Waals surface area contributed by atoms with Crippen molar-refractivity contribution in [3.8, 4) is 0 Å². The van der Waals surface area contributed by atoms with Crippen molar-refractivity contribution in [1.29, 1.82) is 0 Å². The van der Waals surface area contributed by atoms with Gasteiger partial charge in [-0.15, -0.1) is 24.0 Å². The molecule has 2 heterocycles. The van der Waals surface area contributed by atoms with Gasteiger partial charge in [0.25, 0.3) is 0 Å². The molecule has 7 nitrogen and oxygen atoms in total. The molecule has 0 radical (unpaired) electrons. The fourth-order valence-electron chi connectivity index (χ4n) is 3.40. The number of nitrogens with zero attached hydrogens (tertiary/aromatic N) is 2. The lowest BCUT2D eigenvalue weighted by Gasteiger charge is -2.17. The first kappa shape index (κ1) is 21.9. The first-order valence-electron chi connectivity index (χ1n) is 9.01. The number of guanidine groups is 1. The van der Waals surface area contributed by atoms with E-state index in [1.54, 1.807) is 7.05 Å². The third-order valence-corrected chi connectivity index (χ3v) is 6.73. The van der Waals surface area contributed by atoms with Crippen LogP contribution in [0.5, 0.6) is 0 Å². The van der Waals surface area contributed by atoms with Crippen LogP contribution in [0.15, 0.2) is 29.3 Å². The number of carbonyl (C=O) groups is 1. The number of amides is 1. The molecule has 0 bridgehead atoms. The van der Waals surface area contributed by atoms with Gasteiger partial charge in [-0.1, -0.05) is 12.1 Å². The number of rotatable bonds is 5. The van der Waals surface area contributed by atoms with Gasteiger partial charge in [0.15, 0.2) is 15.8 Å². The molecule has 0 spiro atoms. The van der Waals surface area contributed by atoms with Crippen LogP contribution in [0, 0.1) is 5.92 Å². The molecule has 0 aliphatic carbocycles. The largest absolute Gasteiger partial charge is 0.356 e. The summed E-state index contributed by atoms with van der Waals surface area (Å²) in [5.41, 5.74) is 2.04. The first-order chi connectivity index (χ1) is 12.5. The zero-order chi connectivity index (χ0) is 18.6. The fraction of sp³-hybridized carbons (Fsp3) is 0.556. The topological polar surface area (TPSA) is 90.9 Å². The minimum atomic E-state index is -2.85. The highest BCUT2D eigenvalue weighted by molar-refractivity contribution is 14.0. The number of aliphatic imine (C=N–C) groups is 1. The molecule has 1 amide bonds. The van der Waals surface area contributed by atoms with Crippen molar-refractivity contribution < 1.29 is 13.2 Å². The van der Waals surface area contributed by atoms with E-state index in [4.69, 9.17) is 0 Å². The zero-order valence-electron chi connectivity index (χ0n) is 15.5. The van der Waals surface area contributed by atoms with Gasteiger partial charge >= 0.3 is 0 Å². The Morgan fingerprint density at radius 2 is 2.00 bits per heavy atom. The summed E-state index contributed by atoms with van der Waals surface area (Å²) in [5, 5.41) is 6.44. The summed E-state index contributed by atoms with van der Waals surface area (Å²) < 4.78 is 23.0. The Kier molecular flexibility index (Phi) is 7.90. The van der Waals surface area contributed by atoms with Crippen molar-refractivity contribution in [2.75, 3.05) is 36.5 Å². The average Bonchev–Trinajstić information content (AvgIpc) is 3.20. The van der Waals surface area contributed by atoms with E-state index in [1.165, 1.54) is 0 Å². The Morgan fingerprint density at radius 1 is 1.26 bits per heavy atom. The second-order valence-corrected chi connectivity index (χ2v) is 9.12. The van der Waals surface area contributed by atoms with Crippen LogP contribution in [-0.4, -0.2) is 51.9 Å². The van der Waals surface area contributed by atoms with E-state index >= 15 is 0 Å². The van der Waals surface area contributed by atoms with Gasteiger partial charge in [-0.05, 0) is 36.5 Å². The molecule has 3 rings (SSSR count). The van der Waals surface area contributed by atoms with E-state index in [1.807, 2.05) is 29.2 Å². The Balaban J connectivity index is 0.00000261. The van der Waals surface area contributed by atoms with Crippen LogP contribution < -0.4 is 15.5 Å². The number of nitrogens with one attached hydrogen (secondary N) is 2. The standard InChI is InChI=1S/C18H26N4O3S.HI/c1-19-18(21-12-15-8-10-26(24,25)13-15)20-11-14-4-6-16(7-5-14)22-9-2-3-17(22)23;/h4-7,15H,2-3,8-13H2,1H3,(H2,19,20,21);1H. The zero-order valence-corrected chi connectivity index (χ0v) is 18.6. The number of sulfone groups is 1.